The lowest BCUT2D eigenvalue weighted by molar-refractivity contribution is -0.139. The van der Waals surface area contributed by atoms with Gasteiger partial charge < -0.3 is 10.2 Å². The van der Waals surface area contributed by atoms with Gasteiger partial charge in [0, 0.05) is 10.2 Å². The van der Waals surface area contributed by atoms with Gasteiger partial charge >= 0.3 is 5.97 Å². The lowest BCUT2D eigenvalue weighted by Crippen LogP contribution is -2.26. The van der Waals surface area contributed by atoms with Crippen LogP contribution in [0.3, 0.4) is 0 Å². The van der Waals surface area contributed by atoms with Crippen molar-refractivity contribution in [1.29, 1.82) is 0 Å². The number of halogens is 2. The van der Waals surface area contributed by atoms with Gasteiger partial charge in [0.2, 0.25) is 0 Å². The molecule has 0 radical (unpaired) electrons. The zero-order valence-electron chi connectivity index (χ0n) is 8.08. The van der Waals surface area contributed by atoms with Crippen molar-refractivity contribution in [3.05, 3.63) is 0 Å². The Hall–Kier alpha value is 0.390. The molecule has 4 unspecified atom stereocenters. The first kappa shape index (κ1) is 12.5. The smallest absolute Gasteiger partial charge is 0.307 e. The van der Waals surface area contributed by atoms with Gasteiger partial charge in [-0.3, -0.25) is 4.79 Å². The Morgan fingerprint density at radius 3 is 2.36 bits per heavy atom. The number of alkyl halides is 2. The molecule has 1 aliphatic carbocycles. The minimum absolute atomic E-state index is 0.00699. The first-order chi connectivity index (χ1) is 6.34. The third-order valence-electron chi connectivity index (χ3n) is 3.05. The van der Waals surface area contributed by atoms with Gasteiger partial charge in [0.15, 0.2) is 0 Å². The van der Waals surface area contributed by atoms with Crippen molar-refractivity contribution in [2.75, 3.05) is 5.33 Å². The van der Waals surface area contributed by atoms with Crippen LogP contribution < -0.4 is 0 Å². The minimum atomic E-state index is -0.772. The Labute approximate surface area is 100 Å². The maximum Gasteiger partial charge on any atom is 0.307 e. The highest BCUT2D eigenvalue weighted by molar-refractivity contribution is 9.10. The molecule has 3 nitrogen and oxygen atoms in total. The van der Waals surface area contributed by atoms with Crippen molar-refractivity contribution in [2.24, 2.45) is 17.3 Å². The number of hydrogen-bond donors (Lipinski definition) is 2. The molecule has 0 aromatic carbocycles. The highest BCUT2D eigenvalue weighted by Crippen LogP contribution is 2.62. The highest BCUT2D eigenvalue weighted by atomic mass is 79.9. The van der Waals surface area contributed by atoms with E-state index in [1.807, 2.05) is 13.8 Å². The lowest BCUT2D eigenvalue weighted by atomic mass is 10.1. The van der Waals surface area contributed by atoms with E-state index in [9.17, 15) is 9.90 Å². The van der Waals surface area contributed by atoms with Crippen LogP contribution in [0.15, 0.2) is 0 Å². The van der Waals surface area contributed by atoms with E-state index in [1.54, 1.807) is 0 Å². The molecule has 14 heavy (non-hydrogen) atoms. The zero-order valence-corrected chi connectivity index (χ0v) is 11.2. The maximum atomic E-state index is 10.9. The molecule has 82 valence electrons. The molecule has 1 aliphatic rings. The van der Waals surface area contributed by atoms with E-state index in [0.29, 0.717) is 5.33 Å². The van der Waals surface area contributed by atoms with E-state index in [0.717, 1.165) is 0 Å². The molecule has 4 atom stereocenters. The number of aliphatic hydroxyl groups is 1. The van der Waals surface area contributed by atoms with Crippen LogP contribution >= 0.6 is 31.9 Å². The number of carboxylic acids is 1. The fraction of sp³-hybridized carbons (Fsp3) is 0.889. The Morgan fingerprint density at radius 1 is 1.57 bits per heavy atom. The van der Waals surface area contributed by atoms with Gasteiger partial charge in [-0.15, -0.1) is 0 Å². The molecular weight excluding hydrogens is 316 g/mol. The van der Waals surface area contributed by atoms with Crippen LogP contribution in [-0.2, 0) is 4.79 Å². The molecule has 5 heteroatoms. The summed E-state index contributed by atoms with van der Waals surface area (Å²) >= 11 is 6.55. The van der Waals surface area contributed by atoms with Crippen LogP contribution in [0, 0.1) is 17.3 Å². The average molecular weight is 330 g/mol. The van der Waals surface area contributed by atoms with Crippen molar-refractivity contribution >= 4 is 37.8 Å². The van der Waals surface area contributed by atoms with Gasteiger partial charge in [-0.05, 0) is 11.3 Å². The molecule has 1 saturated carbocycles. The van der Waals surface area contributed by atoms with E-state index in [4.69, 9.17) is 5.11 Å². The molecule has 1 rings (SSSR count). The van der Waals surface area contributed by atoms with Gasteiger partial charge in [0.1, 0.15) is 0 Å². The van der Waals surface area contributed by atoms with Crippen molar-refractivity contribution in [3.8, 4) is 0 Å². The summed E-state index contributed by atoms with van der Waals surface area (Å²) in [4.78, 5) is 10.7. The first-order valence-electron chi connectivity index (χ1n) is 4.45. The lowest BCUT2D eigenvalue weighted by Gasteiger charge is -2.15. The summed E-state index contributed by atoms with van der Waals surface area (Å²) < 4.78 is 0. The second-order valence-electron chi connectivity index (χ2n) is 4.33. The molecule has 0 amide bonds. The summed E-state index contributed by atoms with van der Waals surface area (Å²) in [6, 6.07) is 0. The van der Waals surface area contributed by atoms with Crippen molar-refractivity contribution < 1.29 is 15.0 Å². The molecular formula is C9H14Br2O3. The number of rotatable bonds is 4. The topological polar surface area (TPSA) is 57.5 Å². The molecule has 0 aromatic heterocycles. The number of carbonyl (C=O) groups is 1. The second-order valence-corrected chi connectivity index (χ2v) is 6.03. The Kier molecular flexibility index (Phi) is 3.65. The number of carboxylic acid groups (broad SMARTS) is 1. The first-order valence-corrected chi connectivity index (χ1v) is 6.48. The van der Waals surface area contributed by atoms with Crippen LogP contribution in [0.1, 0.15) is 13.8 Å². The van der Waals surface area contributed by atoms with Gasteiger partial charge in [-0.25, -0.2) is 0 Å². The Bertz CT molecular complexity index is 242. The van der Waals surface area contributed by atoms with E-state index in [1.165, 1.54) is 0 Å². The van der Waals surface area contributed by atoms with Crippen LogP contribution in [0.4, 0.5) is 0 Å². The van der Waals surface area contributed by atoms with Crippen LogP contribution in [-0.4, -0.2) is 32.4 Å². The molecule has 2 N–H and O–H groups in total. The van der Waals surface area contributed by atoms with E-state index in [-0.39, 0.29) is 22.1 Å². The van der Waals surface area contributed by atoms with Gasteiger partial charge in [0.05, 0.1) is 12.0 Å². The molecule has 1 fully saturated rings. The SMILES string of the molecule is CC1(C)C(C(=O)O)C1C(Br)C(O)CBr. The standard InChI is InChI=1S/C9H14Br2O3/c1-9(2)5(6(9)8(13)14)7(11)4(12)3-10/h4-7,12H,3H2,1-2H3,(H,13,14). The largest absolute Gasteiger partial charge is 0.481 e. The van der Waals surface area contributed by atoms with Crippen LogP contribution in [0.5, 0.6) is 0 Å². The van der Waals surface area contributed by atoms with Gasteiger partial charge in [-0.2, -0.15) is 0 Å². The van der Waals surface area contributed by atoms with E-state index < -0.39 is 12.1 Å². The Morgan fingerprint density at radius 2 is 2.07 bits per heavy atom. The molecule has 0 spiro atoms. The molecule has 0 aliphatic heterocycles. The van der Waals surface area contributed by atoms with Gasteiger partial charge in [-0.1, -0.05) is 45.7 Å². The summed E-state index contributed by atoms with van der Waals surface area (Å²) in [6.45, 7) is 3.84. The van der Waals surface area contributed by atoms with Crippen molar-refractivity contribution in [2.45, 2.75) is 24.8 Å². The monoisotopic (exact) mass is 328 g/mol. The van der Waals surface area contributed by atoms with E-state index >= 15 is 0 Å². The third kappa shape index (κ3) is 1.99. The van der Waals surface area contributed by atoms with Crippen LogP contribution in [0.2, 0.25) is 0 Å². The normalized spacial score (nSPS) is 33.5. The molecule has 0 saturated heterocycles. The summed E-state index contributed by atoms with van der Waals surface area (Å²) in [5.74, 6) is -1.11. The fourth-order valence-electron chi connectivity index (χ4n) is 2.07. The zero-order chi connectivity index (χ0) is 11.1. The maximum absolute atomic E-state index is 10.9. The Balaban J connectivity index is 2.68. The highest BCUT2D eigenvalue weighted by Gasteiger charge is 2.65. The predicted octanol–water partition coefficient (Wildman–Crippen LogP) is 1.86. The molecule has 0 heterocycles. The van der Waals surface area contributed by atoms with Crippen molar-refractivity contribution in [3.63, 3.8) is 0 Å². The summed E-state index contributed by atoms with van der Waals surface area (Å²) in [5, 5.41) is 19.0. The molecule has 0 aromatic rings. The van der Waals surface area contributed by atoms with Crippen LogP contribution in [0.25, 0.3) is 0 Å². The quantitative estimate of drug-likeness (QED) is 0.774. The second kappa shape index (κ2) is 4.10. The predicted molar refractivity (Wildman–Crippen MR) is 60.9 cm³/mol. The summed E-state index contributed by atoms with van der Waals surface area (Å²) in [5.41, 5.74) is -0.219. The van der Waals surface area contributed by atoms with Crippen molar-refractivity contribution in [1.82, 2.24) is 0 Å². The summed E-state index contributed by atoms with van der Waals surface area (Å²) in [6.07, 6.45) is -0.538. The number of aliphatic hydroxyl groups excluding tert-OH is 1. The van der Waals surface area contributed by atoms with E-state index in [2.05, 4.69) is 31.9 Å². The average Bonchev–Trinajstić information content (AvgIpc) is 2.66. The summed E-state index contributed by atoms with van der Waals surface area (Å²) in [7, 11) is 0. The fourth-order valence-corrected chi connectivity index (χ4v) is 4.15. The van der Waals surface area contributed by atoms with Gasteiger partial charge in [0.25, 0.3) is 0 Å². The third-order valence-corrected chi connectivity index (χ3v) is 4.89. The minimum Gasteiger partial charge on any atom is -0.481 e. The number of aliphatic carboxylic acids is 1. The number of hydrogen-bond acceptors (Lipinski definition) is 2. The molecule has 0 bridgehead atoms.